The number of nitrogens with one attached hydrogen (secondary N) is 2. The lowest BCUT2D eigenvalue weighted by Gasteiger charge is -2.41. The number of hydrogen-bond donors (Lipinski definition) is 2. The van der Waals surface area contributed by atoms with Crippen LogP contribution in [0, 0.1) is 5.41 Å². The van der Waals surface area contributed by atoms with E-state index in [1.165, 1.54) is 6.20 Å². The number of alkyl carbamates (subject to hydrolysis) is 1. The Morgan fingerprint density at radius 1 is 1.11 bits per heavy atom. The number of Topliss-reactive ketones (excluding diaryl/α,β-unsaturated/α-hetero) is 1. The summed E-state index contributed by atoms with van der Waals surface area (Å²) in [6.07, 6.45) is 7.33. The zero-order valence-corrected chi connectivity index (χ0v) is 22.8. The van der Waals surface area contributed by atoms with Gasteiger partial charge >= 0.3 is 6.09 Å². The van der Waals surface area contributed by atoms with E-state index in [-0.39, 0.29) is 23.3 Å². The third kappa shape index (κ3) is 8.97. The van der Waals surface area contributed by atoms with E-state index in [1.807, 2.05) is 44.2 Å². The predicted octanol–water partition coefficient (Wildman–Crippen LogP) is 5.19. The third-order valence-electron chi connectivity index (χ3n) is 6.95. The van der Waals surface area contributed by atoms with Crippen molar-refractivity contribution in [3.05, 3.63) is 53.4 Å². The summed E-state index contributed by atoms with van der Waals surface area (Å²) in [6, 6.07) is 9.78. The Morgan fingerprint density at radius 2 is 1.87 bits per heavy atom. The van der Waals surface area contributed by atoms with E-state index < -0.39 is 23.8 Å². The van der Waals surface area contributed by atoms with Gasteiger partial charge in [-0.15, -0.1) is 0 Å². The fourth-order valence-corrected chi connectivity index (χ4v) is 4.64. The van der Waals surface area contributed by atoms with Crippen molar-refractivity contribution in [3.8, 4) is 5.88 Å². The van der Waals surface area contributed by atoms with Gasteiger partial charge in [-0.2, -0.15) is 4.98 Å². The molecule has 2 N–H and O–H groups in total. The molecule has 1 aromatic carbocycles. The quantitative estimate of drug-likeness (QED) is 0.180. The summed E-state index contributed by atoms with van der Waals surface area (Å²) in [5.74, 6) is -0.963. The number of nitrogens with zero attached hydrogens (tertiary/aromatic N) is 2. The maximum Gasteiger partial charge on any atom is 0.407 e. The molecule has 1 fully saturated rings. The van der Waals surface area contributed by atoms with Crippen LogP contribution in [-0.4, -0.2) is 47.0 Å². The van der Waals surface area contributed by atoms with Gasteiger partial charge in [-0.25, -0.2) is 9.78 Å². The number of hydrogen-bond acceptors (Lipinski definition) is 7. The van der Waals surface area contributed by atoms with Gasteiger partial charge in [-0.05, 0) is 56.2 Å². The average molecular weight is 545 g/mol. The number of ether oxygens (including phenoxy) is 2. The molecular formula is C28H37ClN4O5. The maximum absolute atomic E-state index is 12.9. The van der Waals surface area contributed by atoms with Crippen molar-refractivity contribution in [2.24, 2.45) is 5.41 Å². The van der Waals surface area contributed by atoms with Crippen LogP contribution in [0.3, 0.4) is 0 Å². The molecule has 2 aromatic rings. The minimum absolute atomic E-state index is 0.102. The minimum atomic E-state index is -0.934. The highest BCUT2D eigenvalue weighted by Crippen LogP contribution is 2.45. The zero-order valence-electron chi connectivity index (χ0n) is 22.1. The molecule has 1 heterocycles. The number of carbonyl (C=O) groups is 3. The number of rotatable bonds is 15. The molecule has 1 aliphatic carbocycles. The second-order valence-corrected chi connectivity index (χ2v) is 10.2. The summed E-state index contributed by atoms with van der Waals surface area (Å²) in [7, 11) is 0. The van der Waals surface area contributed by atoms with Crippen LogP contribution < -0.4 is 15.4 Å². The monoisotopic (exact) mass is 544 g/mol. The average Bonchev–Trinajstić information content (AvgIpc) is 2.89. The molecule has 9 nitrogen and oxygen atoms in total. The summed E-state index contributed by atoms with van der Waals surface area (Å²) in [5.41, 5.74) is 0.790. The molecule has 10 heteroatoms. The predicted molar refractivity (Wildman–Crippen MR) is 144 cm³/mol. The molecule has 1 saturated carbocycles. The van der Waals surface area contributed by atoms with E-state index in [9.17, 15) is 14.4 Å². The first kappa shape index (κ1) is 29.4. The number of amides is 2. The van der Waals surface area contributed by atoms with E-state index in [0.717, 1.165) is 44.1 Å². The smallest absolute Gasteiger partial charge is 0.407 e. The molecule has 0 bridgehead atoms. The Morgan fingerprint density at radius 3 is 2.53 bits per heavy atom. The van der Waals surface area contributed by atoms with Crippen molar-refractivity contribution < 1.29 is 23.9 Å². The number of unbranched alkanes of at least 4 members (excludes halogenated alkanes) is 1. The SMILES string of the molecule is CCCC[C@H](NC(=O)OCC1(CCCOc2ccnc(Cl)n2)CCC1)C(=O)C(=O)N[C@H](C)c1ccccc1. The second kappa shape index (κ2) is 14.7. The molecule has 2 amide bonds. The van der Waals surface area contributed by atoms with Gasteiger partial charge in [0.1, 0.15) is 6.04 Å². The standard InChI is InChI=1S/C28H37ClN4O5/c1-3-4-12-22(24(34)25(35)31-20(2)21-10-6-5-7-11-21)32-27(36)38-19-28(14-8-15-28)16-9-18-37-23-13-17-30-26(29)33-23/h5-7,10-11,13,17,20,22H,3-4,8-9,12,14-16,18-19H2,1-2H3,(H,31,35)(H,32,36)/t20-,22+/m1/s1. The Hall–Kier alpha value is -3.20. The second-order valence-electron chi connectivity index (χ2n) is 9.85. The molecule has 3 rings (SSSR count). The van der Waals surface area contributed by atoms with Crippen LogP contribution in [0.2, 0.25) is 5.28 Å². The fourth-order valence-electron chi connectivity index (χ4n) is 4.50. The summed E-state index contributed by atoms with van der Waals surface area (Å²) in [4.78, 5) is 46.1. The van der Waals surface area contributed by atoms with Crippen LogP contribution in [0.5, 0.6) is 5.88 Å². The molecule has 0 saturated heterocycles. The van der Waals surface area contributed by atoms with Gasteiger partial charge in [0.25, 0.3) is 5.91 Å². The van der Waals surface area contributed by atoms with Crippen molar-refractivity contribution in [2.75, 3.05) is 13.2 Å². The normalized spacial score (nSPS) is 15.4. The van der Waals surface area contributed by atoms with Crippen LogP contribution in [0.1, 0.15) is 76.8 Å². The summed E-state index contributed by atoms with van der Waals surface area (Å²) >= 11 is 5.78. The van der Waals surface area contributed by atoms with Crippen molar-refractivity contribution >= 4 is 29.4 Å². The van der Waals surface area contributed by atoms with Gasteiger partial charge in [-0.3, -0.25) is 9.59 Å². The molecule has 38 heavy (non-hydrogen) atoms. The maximum atomic E-state index is 12.9. The number of aromatic nitrogens is 2. The van der Waals surface area contributed by atoms with Gasteiger partial charge in [0.05, 0.1) is 19.3 Å². The van der Waals surface area contributed by atoms with E-state index in [4.69, 9.17) is 21.1 Å². The lowest BCUT2D eigenvalue weighted by molar-refractivity contribution is -0.139. The molecule has 1 aliphatic rings. The van der Waals surface area contributed by atoms with Gasteiger partial charge in [0, 0.05) is 17.7 Å². The van der Waals surface area contributed by atoms with Crippen LogP contribution in [0.15, 0.2) is 42.6 Å². The van der Waals surface area contributed by atoms with E-state index in [1.54, 1.807) is 6.07 Å². The van der Waals surface area contributed by atoms with Crippen molar-refractivity contribution in [3.63, 3.8) is 0 Å². The number of ketones is 1. The molecule has 206 valence electrons. The Kier molecular flexibility index (Phi) is 11.3. The first-order valence-electron chi connectivity index (χ1n) is 13.3. The highest BCUT2D eigenvalue weighted by molar-refractivity contribution is 6.38. The van der Waals surface area contributed by atoms with Crippen LogP contribution >= 0.6 is 11.6 Å². The lowest BCUT2D eigenvalue weighted by atomic mass is 9.67. The zero-order chi connectivity index (χ0) is 27.4. The highest BCUT2D eigenvalue weighted by Gasteiger charge is 2.38. The highest BCUT2D eigenvalue weighted by atomic mass is 35.5. The summed E-state index contributed by atoms with van der Waals surface area (Å²) in [6.45, 7) is 4.52. The van der Waals surface area contributed by atoms with E-state index in [0.29, 0.717) is 25.3 Å². The topological polar surface area (TPSA) is 120 Å². The molecular weight excluding hydrogens is 508 g/mol. The van der Waals surface area contributed by atoms with E-state index in [2.05, 4.69) is 20.6 Å². The number of carbonyl (C=O) groups excluding carboxylic acids is 3. The Bertz CT molecular complexity index is 1060. The fraction of sp³-hybridized carbons (Fsp3) is 0.536. The Labute approximate surface area is 229 Å². The first-order chi connectivity index (χ1) is 18.3. The van der Waals surface area contributed by atoms with Gasteiger partial charge in [0.2, 0.25) is 16.9 Å². The molecule has 0 radical (unpaired) electrons. The molecule has 1 aromatic heterocycles. The van der Waals surface area contributed by atoms with E-state index >= 15 is 0 Å². The number of halogens is 1. The summed E-state index contributed by atoms with van der Waals surface area (Å²) in [5, 5.41) is 5.51. The largest absolute Gasteiger partial charge is 0.478 e. The van der Waals surface area contributed by atoms with Crippen molar-refractivity contribution in [2.45, 2.75) is 77.3 Å². The minimum Gasteiger partial charge on any atom is -0.478 e. The Balaban J connectivity index is 1.46. The first-order valence-corrected chi connectivity index (χ1v) is 13.6. The van der Waals surface area contributed by atoms with Crippen molar-refractivity contribution in [1.29, 1.82) is 0 Å². The third-order valence-corrected chi connectivity index (χ3v) is 7.13. The molecule has 0 unspecified atom stereocenters. The molecule has 2 atom stereocenters. The molecule has 0 spiro atoms. The van der Waals surface area contributed by atoms with Crippen LogP contribution in [0.25, 0.3) is 0 Å². The van der Waals surface area contributed by atoms with Gasteiger partial charge in [0.15, 0.2) is 0 Å². The van der Waals surface area contributed by atoms with Crippen LogP contribution in [0.4, 0.5) is 4.79 Å². The van der Waals surface area contributed by atoms with Gasteiger partial charge < -0.3 is 20.1 Å². The number of benzene rings is 1. The van der Waals surface area contributed by atoms with Crippen LogP contribution in [-0.2, 0) is 14.3 Å². The van der Waals surface area contributed by atoms with Gasteiger partial charge in [-0.1, -0.05) is 56.5 Å². The molecule has 0 aliphatic heterocycles. The van der Waals surface area contributed by atoms with Crippen molar-refractivity contribution in [1.82, 2.24) is 20.6 Å². The summed E-state index contributed by atoms with van der Waals surface area (Å²) < 4.78 is 11.2. The lowest BCUT2D eigenvalue weighted by Crippen LogP contribution is -2.48.